The van der Waals surface area contributed by atoms with Crippen molar-refractivity contribution >= 4 is 17.0 Å². The first-order valence-electron chi connectivity index (χ1n) is 2.28. The molecular formula is C5H10BrN2+. The summed E-state index contributed by atoms with van der Waals surface area (Å²) in [7, 11) is 4.00. The highest BCUT2D eigenvalue weighted by molar-refractivity contribution is 8.93. The molecule has 2 nitrogen and oxygen atoms in total. The van der Waals surface area contributed by atoms with Crippen LogP contribution in [0.25, 0.3) is 0 Å². The van der Waals surface area contributed by atoms with Gasteiger partial charge in [-0.05, 0) is 0 Å². The lowest BCUT2D eigenvalue weighted by Gasteiger charge is -1.82. The fourth-order valence-electron chi connectivity index (χ4n) is 0.498. The molecule has 1 rings (SSSR count). The highest BCUT2D eigenvalue weighted by Gasteiger charge is 1.89. The third kappa shape index (κ3) is 1.33. The standard InChI is InChI=1S/C5H9N2.BrH/c1-6-4-3-5-7(6)2;/h3-5H,1-2H3;1H/q+1;. The van der Waals surface area contributed by atoms with Crippen molar-refractivity contribution in [3.05, 3.63) is 18.5 Å². The van der Waals surface area contributed by atoms with E-state index in [9.17, 15) is 0 Å². The maximum absolute atomic E-state index is 2.00. The Morgan fingerprint density at radius 1 is 1.50 bits per heavy atom. The monoisotopic (exact) mass is 177 g/mol. The Kier molecular flexibility index (Phi) is 2.76. The first-order valence-corrected chi connectivity index (χ1v) is 2.28. The molecule has 0 N–H and O–H groups in total. The van der Waals surface area contributed by atoms with Crippen LogP contribution in [0.15, 0.2) is 18.5 Å². The summed E-state index contributed by atoms with van der Waals surface area (Å²) in [5.41, 5.74) is 0. The molecule has 1 aromatic heterocycles. The molecule has 46 valence electrons. The number of rotatable bonds is 0. The number of aromatic nitrogens is 2. The summed E-state index contributed by atoms with van der Waals surface area (Å²) < 4.78 is 4.00. The van der Waals surface area contributed by atoms with E-state index in [2.05, 4.69) is 0 Å². The zero-order valence-electron chi connectivity index (χ0n) is 5.03. The molecule has 0 unspecified atom stereocenters. The molecule has 0 aliphatic carbocycles. The van der Waals surface area contributed by atoms with Gasteiger partial charge in [-0.2, -0.15) is 4.68 Å². The van der Waals surface area contributed by atoms with Crippen LogP contribution in [0.1, 0.15) is 0 Å². The van der Waals surface area contributed by atoms with Gasteiger partial charge in [-0.3, -0.25) is 0 Å². The summed E-state index contributed by atoms with van der Waals surface area (Å²) in [6, 6.07) is 2.00. The van der Waals surface area contributed by atoms with Gasteiger partial charge in [-0.1, -0.05) is 0 Å². The minimum absolute atomic E-state index is 0. The van der Waals surface area contributed by atoms with Gasteiger partial charge in [0, 0.05) is 6.07 Å². The van der Waals surface area contributed by atoms with Crippen LogP contribution in [0, 0.1) is 0 Å². The van der Waals surface area contributed by atoms with Crippen molar-refractivity contribution in [3.8, 4) is 0 Å². The van der Waals surface area contributed by atoms with E-state index in [1.54, 1.807) is 0 Å². The Morgan fingerprint density at radius 2 is 2.12 bits per heavy atom. The molecule has 3 heteroatoms. The molecule has 0 fully saturated rings. The van der Waals surface area contributed by atoms with Crippen LogP contribution in [-0.4, -0.2) is 4.68 Å². The van der Waals surface area contributed by atoms with E-state index < -0.39 is 0 Å². The fraction of sp³-hybridized carbons (Fsp3) is 0.400. The lowest BCUT2D eigenvalue weighted by atomic mass is 10.8. The summed E-state index contributed by atoms with van der Waals surface area (Å²) >= 11 is 0. The van der Waals surface area contributed by atoms with E-state index in [4.69, 9.17) is 0 Å². The molecule has 0 saturated carbocycles. The molecule has 0 saturated heterocycles. The van der Waals surface area contributed by atoms with Gasteiger partial charge in [-0.25, -0.2) is 0 Å². The Bertz CT molecular complexity index is 143. The van der Waals surface area contributed by atoms with Crippen LogP contribution in [-0.2, 0) is 14.1 Å². The van der Waals surface area contributed by atoms with Crippen molar-refractivity contribution in [1.29, 1.82) is 0 Å². The first-order chi connectivity index (χ1) is 3.30. The van der Waals surface area contributed by atoms with Crippen LogP contribution < -0.4 is 4.68 Å². The number of nitrogens with zero attached hydrogens (tertiary/aromatic N) is 2. The zero-order valence-corrected chi connectivity index (χ0v) is 6.75. The van der Waals surface area contributed by atoms with Gasteiger partial charge >= 0.3 is 0 Å². The summed E-state index contributed by atoms with van der Waals surface area (Å²) in [6.45, 7) is 0. The van der Waals surface area contributed by atoms with E-state index in [1.165, 1.54) is 0 Å². The van der Waals surface area contributed by atoms with Crippen LogP contribution >= 0.6 is 17.0 Å². The van der Waals surface area contributed by atoms with Crippen LogP contribution in [0.2, 0.25) is 0 Å². The van der Waals surface area contributed by atoms with E-state index in [-0.39, 0.29) is 17.0 Å². The normalized spacial score (nSPS) is 8.25. The van der Waals surface area contributed by atoms with Crippen LogP contribution in [0.3, 0.4) is 0 Å². The smallest absolute Gasteiger partial charge is 0.164 e. The average molecular weight is 178 g/mol. The summed E-state index contributed by atoms with van der Waals surface area (Å²) in [4.78, 5) is 0. The minimum Gasteiger partial charge on any atom is -0.164 e. The lowest BCUT2D eigenvalue weighted by Crippen LogP contribution is -2.35. The van der Waals surface area contributed by atoms with Gasteiger partial charge in [0.05, 0.1) is 13.2 Å². The van der Waals surface area contributed by atoms with Gasteiger partial charge in [0.15, 0.2) is 13.2 Å². The molecule has 0 aliphatic heterocycles. The number of aryl methyl sites for hydroxylation is 2. The van der Waals surface area contributed by atoms with Gasteiger partial charge in [0.2, 0.25) is 0 Å². The predicted octanol–water partition coefficient (Wildman–Crippen LogP) is 0.427. The van der Waals surface area contributed by atoms with Crippen LogP contribution in [0.4, 0.5) is 0 Å². The van der Waals surface area contributed by atoms with Crippen molar-refractivity contribution in [2.24, 2.45) is 14.1 Å². The Balaban J connectivity index is 0.000000490. The maximum atomic E-state index is 2.00. The SMILES string of the molecule is Br.Cn1ccc[n+]1C. The van der Waals surface area contributed by atoms with Gasteiger partial charge in [0.25, 0.3) is 0 Å². The van der Waals surface area contributed by atoms with Crippen molar-refractivity contribution in [3.63, 3.8) is 0 Å². The predicted molar refractivity (Wildman–Crippen MR) is 36.9 cm³/mol. The molecule has 8 heavy (non-hydrogen) atoms. The molecule has 0 bridgehead atoms. The maximum Gasteiger partial charge on any atom is 0.195 e. The van der Waals surface area contributed by atoms with Crippen molar-refractivity contribution < 1.29 is 4.68 Å². The summed E-state index contributed by atoms with van der Waals surface area (Å²) in [6.07, 6.45) is 4.00. The molecule has 0 radical (unpaired) electrons. The highest BCUT2D eigenvalue weighted by atomic mass is 79.9. The van der Waals surface area contributed by atoms with Crippen molar-refractivity contribution in [2.75, 3.05) is 0 Å². The van der Waals surface area contributed by atoms with Gasteiger partial charge < -0.3 is 0 Å². The quantitative estimate of drug-likeness (QED) is 0.509. The molecule has 0 spiro atoms. The Labute approximate surface area is 59.5 Å². The van der Waals surface area contributed by atoms with E-state index >= 15 is 0 Å². The molecule has 0 aromatic carbocycles. The molecular weight excluding hydrogens is 168 g/mol. The van der Waals surface area contributed by atoms with Gasteiger partial charge in [-0.15, -0.1) is 21.7 Å². The van der Waals surface area contributed by atoms with Crippen LogP contribution in [0.5, 0.6) is 0 Å². The molecule has 0 atom stereocenters. The largest absolute Gasteiger partial charge is 0.195 e. The lowest BCUT2D eigenvalue weighted by molar-refractivity contribution is -0.751. The van der Waals surface area contributed by atoms with E-state index in [0.29, 0.717) is 0 Å². The van der Waals surface area contributed by atoms with Crippen molar-refractivity contribution in [2.45, 2.75) is 0 Å². The molecule has 1 heterocycles. The molecule has 1 aromatic rings. The fourth-order valence-corrected chi connectivity index (χ4v) is 0.498. The van der Waals surface area contributed by atoms with E-state index in [1.807, 2.05) is 41.9 Å². The minimum atomic E-state index is 0. The second kappa shape index (κ2) is 2.87. The van der Waals surface area contributed by atoms with Crippen molar-refractivity contribution in [1.82, 2.24) is 4.68 Å². The topological polar surface area (TPSA) is 8.81 Å². The second-order valence-corrected chi connectivity index (χ2v) is 1.64. The average Bonchev–Trinajstić information content (AvgIpc) is 1.91. The molecule has 0 amide bonds. The highest BCUT2D eigenvalue weighted by Crippen LogP contribution is 1.70. The number of hydrogen-bond donors (Lipinski definition) is 0. The zero-order chi connectivity index (χ0) is 5.28. The third-order valence-corrected chi connectivity index (χ3v) is 1.10. The third-order valence-electron chi connectivity index (χ3n) is 1.10. The first kappa shape index (κ1) is 7.69. The number of halogens is 1. The molecule has 0 aliphatic rings. The summed E-state index contributed by atoms with van der Waals surface area (Å²) in [5, 5.41) is 0. The Morgan fingerprint density at radius 3 is 2.25 bits per heavy atom. The second-order valence-electron chi connectivity index (χ2n) is 1.64. The van der Waals surface area contributed by atoms with E-state index in [0.717, 1.165) is 0 Å². The number of hydrogen-bond acceptors (Lipinski definition) is 0. The Hall–Kier alpha value is -0.310. The summed E-state index contributed by atoms with van der Waals surface area (Å²) in [5.74, 6) is 0. The van der Waals surface area contributed by atoms with Gasteiger partial charge in [0.1, 0.15) is 0 Å².